The first kappa shape index (κ1) is 13.7. The van der Waals surface area contributed by atoms with Gasteiger partial charge in [0, 0.05) is 31.1 Å². The summed E-state index contributed by atoms with van der Waals surface area (Å²) in [4.78, 5) is 16.1. The van der Waals surface area contributed by atoms with Crippen LogP contribution in [0.1, 0.15) is 33.6 Å². The Kier molecular flexibility index (Phi) is 4.69. The molecule has 0 aromatic carbocycles. The SMILES string of the molecule is CC(C)(C)n1ccnc(NCCCCO)c1=O. The van der Waals surface area contributed by atoms with Crippen LogP contribution in [0.25, 0.3) is 0 Å². The number of unbranched alkanes of at least 4 members (excludes halogenated alkanes) is 1. The van der Waals surface area contributed by atoms with Crippen molar-refractivity contribution >= 4 is 5.82 Å². The molecular weight excluding hydrogens is 218 g/mol. The van der Waals surface area contributed by atoms with Gasteiger partial charge in [-0.25, -0.2) is 4.98 Å². The van der Waals surface area contributed by atoms with Crippen LogP contribution < -0.4 is 10.9 Å². The fourth-order valence-electron chi connectivity index (χ4n) is 1.50. The Morgan fingerprint density at radius 2 is 2.12 bits per heavy atom. The van der Waals surface area contributed by atoms with E-state index in [1.165, 1.54) is 0 Å². The first-order valence-corrected chi connectivity index (χ1v) is 5.89. The third-order valence-corrected chi connectivity index (χ3v) is 2.44. The molecule has 0 unspecified atom stereocenters. The number of hydrogen-bond donors (Lipinski definition) is 2. The van der Waals surface area contributed by atoms with E-state index in [1.54, 1.807) is 17.0 Å². The van der Waals surface area contributed by atoms with Gasteiger partial charge in [-0.1, -0.05) is 0 Å². The van der Waals surface area contributed by atoms with E-state index in [9.17, 15) is 4.79 Å². The molecular formula is C12H21N3O2. The van der Waals surface area contributed by atoms with Gasteiger partial charge in [-0.15, -0.1) is 0 Å². The highest BCUT2D eigenvalue weighted by Crippen LogP contribution is 2.10. The van der Waals surface area contributed by atoms with Gasteiger partial charge < -0.3 is 15.0 Å². The predicted molar refractivity (Wildman–Crippen MR) is 68.3 cm³/mol. The van der Waals surface area contributed by atoms with E-state index in [4.69, 9.17) is 5.11 Å². The van der Waals surface area contributed by atoms with Gasteiger partial charge in [0.2, 0.25) is 0 Å². The number of aliphatic hydroxyl groups excluding tert-OH is 1. The van der Waals surface area contributed by atoms with Crippen molar-refractivity contribution in [1.82, 2.24) is 9.55 Å². The van der Waals surface area contributed by atoms with Crippen molar-refractivity contribution < 1.29 is 5.11 Å². The lowest BCUT2D eigenvalue weighted by atomic mass is 10.1. The zero-order valence-electron chi connectivity index (χ0n) is 10.7. The molecule has 0 aliphatic carbocycles. The van der Waals surface area contributed by atoms with E-state index in [2.05, 4.69) is 10.3 Å². The topological polar surface area (TPSA) is 67.2 Å². The number of aliphatic hydroxyl groups is 1. The maximum Gasteiger partial charge on any atom is 0.293 e. The van der Waals surface area contributed by atoms with Crippen LogP contribution in [0.5, 0.6) is 0 Å². The lowest BCUT2D eigenvalue weighted by molar-refractivity contribution is 0.286. The molecule has 0 spiro atoms. The van der Waals surface area contributed by atoms with Crippen molar-refractivity contribution in [3.8, 4) is 0 Å². The molecule has 1 aromatic heterocycles. The van der Waals surface area contributed by atoms with Crippen molar-refractivity contribution in [3.63, 3.8) is 0 Å². The smallest absolute Gasteiger partial charge is 0.293 e. The molecule has 96 valence electrons. The van der Waals surface area contributed by atoms with Crippen molar-refractivity contribution in [2.75, 3.05) is 18.5 Å². The molecule has 5 nitrogen and oxygen atoms in total. The van der Waals surface area contributed by atoms with Crippen molar-refractivity contribution in [1.29, 1.82) is 0 Å². The fourth-order valence-corrected chi connectivity index (χ4v) is 1.50. The first-order chi connectivity index (χ1) is 7.96. The van der Waals surface area contributed by atoms with Crippen LogP contribution in [-0.2, 0) is 5.54 Å². The average molecular weight is 239 g/mol. The molecule has 2 N–H and O–H groups in total. The summed E-state index contributed by atoms with van der Waals surface area (Å²) >= 11 is 0. The van der Waals surface area contributed by atoms with Crippen molar-refractivity contribution in [2.24, 2.45) is 0 Å². The number of anilines is 1. The maximum absolute atomic E-state index is 12.1. The Morgan fingerprint density at radius 3 is 2.71 bits per heavy atom. The van der Waals surface area contributed by atoms with Gasteiger partial charge in [0.15, 0.2) is 5.82 Å². The van der Waals surface area contributed by atoms with Gasteiger partial charge in [0.25, 0.3) is 5.56 Å². The van der Waals surface area contributed by atoms with E-state index in [0.29, 0.717) is 12.4 Å². The monoisotopic (exact) mass is 239 g/mol. The van der Waals surface area contributed by atoms with E-state index >= 15 is 0 Å². The molecule has 5 heteroatoms. The normalized spacial score (nSPS) is 11.5. The number of aromatic nitrogens is 2. The molecule has 17 heavy (non-hydrogen) atoms. The third-order valence-electron chi connectivity index (χ3n) is 2.44. The Balaban J connectivity index is 2.78. The molecule has 0 fully saturated rings. The quantitative estimate of drug-likeness (QED) is 0.757. The zero-order chi connectivity index (χ0) is 12.9. The molecule has 0 saturated carbocycles. The number of nitrogens with zero attached hydrogens (tertiary/aromatic N) is 2. The van der Waals surface area contributed by atoms with E-state index in [0.717, 1.165) is 12.8 Å². The Hall–Kier alpha value is -1.36. The summed E-state index contributed by atoms with van der Waals surface area (Å²) in [6, 6.07) is 0. The van der Waals surface area contributed by atoms with E-state index < -0.39 is 0 Å². The summed E-state index contributed by atoms with van der Waals surface area (Å²) in [7, 11) is 0. The van der Waals surface area contributed by atoms with E-state index in [-0.39, 0.29) is 17.7 Å². The Bertz CT molecular complexity index is 407. The van der Waals surface area contributed by atoms with E-state index in [1.807, 2.05) is 20.8 Å². The van der Waals surface area contributed by atoms with Crippen LogP contribution >= 0.6 is 0 Å². The molecule has 0 aliphatic heterocycles. The van der Waals surface area contributed by atoms with Gasteiger partial charge >= 0.3 is 0 Å². The second kappa shape index (κ2) is 5.82. The fraction of sp³-hybridized carbons (Fsp3) is 0.667. The zero-order valence-corrected chi connectivity index (χ0v) is 10.7. The predicted octanol–water partition coefficient (Wildman–Crippen LogP) is 1.18. The summed E-state index contributed by atoms with van der Waals surface area (Å²) in [5.74, 6) is 0.375. The summed E-state index contributed by atoms with van der Waals surface area (Å²) in [5, 5.41) is 11.7. The van der Waals surface area contributed by atoms with Crippen LogP contribution in [0.15, 0.2) is 17.2 Å². The first-order valence-electron chi connectivity index (χ1n) is 5.89. The van der Waals surface area contributed by atoms with Crippen LogP contribution in [0.4, 0.5) is 5.82 Å². The molecule has 1 heterocycles. The third kappa shape index (κ3) is 3.85. The molecule has 0 atom stereocenters. The van der Waals surface area contributed by atoms with Crippen LogP contribution in [0.2, 0.25) is 0 Å². The van der Waals surface area contributed by atoms with Gasteiger partial charge in [-0.05, 0) is 33.6 Å². The minimum Gasteiger partial charge on any atom is -0.396 e. The highest BCUT2D eigenvalue weighted by molar-refractivity contribution is 5.30. The largest absolute Gasteiger partial charge is 0.396 e. The van der Waals surface area contributed by atoms with Gasteiger partial charge in [-0.3, -0.25) is 4.79 Å². The van der Waals surface area contributed by atoms with Gasteiger partial charge in [0.1, 0.15) is 0 Å². The molecule has 0 bridgehead atoms. The number of hydrogen-bond acceptors (Lipinski definition) is 4. The maximum atomic E-state index is 12.1. The van der Waals surface area contributed by atoms with Crippen LogP contribution in [0, 0.1) is 0 Å². The second-order valence-electron chi connectivity index (χ2n) is 4.98. The highest BCUT2D eigenvalue weighted by atomic mass is 16.2. The van der Waals surface area contributed by atoms with Gasteiger partial charge in [0.05, 0.1) is 0 Å². The van der Waals surface area contributed by atoms with Gasteiger partial charge in [-0.2, -0.15) is 0 Å². The molecule has 0 saturated heterocycles. The summed E-state index contributed by atoms with van der Waals surface area (Å²) < 4.78 is 1.66. The molecule has 1 aromatic rings. The minimum absolute atomic E-state index is 0.107. The summed E-state index contributed by atoms with van der Waals surface area (Å²) in [6.07, 6.45) is 4.87. The summed E-state index contributed by atoms with van der Waals surface area (Å²) in [5.41, 5.74) is -0.356. The molecule has 1 rings (SSSR count). The Labute approximate surface area is 102 Å². The molecule has 0 aliphatic rings. The highest BCUT2D eigenvalue weighted by Gasteiger charge is 2.16. The number of nitrogens with one attached hydrogen (secondary N) is 1. The van der Waals surface area contributed by atoms with Crippen LogP contribution in [-0.4, -0.2) is 27.8 Å². The Morgan fingerprint density at radius 1 is 1.41 bits per heavy atom. The van der Waals surface area contributed by atoms with Crippen molar-refractivity contribution in [3.05, 3.63) is 22.7 Å². The van der Waals surface area contributed by atoms with Crippen LogP contribution in [0.3, 0.4) is 0 Å². The summed E-state index contributed by atoms with van der Waals surface area (Å²) in [6.45, 7) is 6.75. The molecule has 0 radical (unpaired) electrons. The lowest BCUT2D eigenvalue weighted by Gasteiger charge is -2.22. The molecule has 0 amide bonds. The second-order valence-corrected chi connectivity index (χ2v) is 4.98. The van der Waals surface area contributed by atoms with Crippen molar-refractivity contribution in [2.45, 2.75) is 39.2 Å². The lowest BCUT2D eigenvalue weighted by Crippen LogP contribution is -2.35. The standard InChI is InChI=1S/C12H21N3O2/c1-12(2,3)15-8-7-14-10(11(15)17)13-6-4-5-9-16/h7-8,16H,4-6,9H2,1-3H3,(H,13,14). The minimum atomic E-state index is -0.248. The number of rotatable bonds is 5. The average Bonchev–Trinajstić information content (AvgIpc) is 2.25.